The van der Waals surface area contributed by atoms with Gasteiger partial charge >= 0.3 is 0 Å². The van der Waals surface area contributed by atoms with Gasteiger partial charge in [0.05, 0.1) is 25.9 Å². The molecule has 4 atom stereocenters. The minimum absolute atomic E-state index is 0.00225. The van der Waals surface area contributed by atoms with Crippen molar-refractivity contribution in [3.05, 3.63) is 282 Å². The highest BCUT2D eigenvalue weighted by Gasteiger charge is 2.53. The fourth-order valence-electron chi connectivity index (χ4n) is 17.9. The number of carbonyl (C=O) groups is 8. The van der Waals surface area contributed by atoms with Crippen LogP contribution in [0.2, 0.25) is 0 Å². The van der Waals surface area contributed by atoms with Crippen LogP contribution in [-0.2, 0) is 35.7 Å². The first-order chi connectivity index (χ1) is 70.3. The van der Waals surface area contributed by atoms with Gasteiger partial charge in [-0.1, -0.05) is 97.1 Å². The zero-order valence-electron chi connectivity index (χ0n) is 81.4. The van der Waals surface area contributed by atoms with Crippen LogP contribution in [0.3, 0.4) is 0 Å². The van der Waals surface area contributed by atoms with Crippen molar-refractivity contribution in [1.82, 2.24) is 75.1 Å². The van der Waals surface area contributed by atoms with E-state index in [0.717, 1.165) is 66.3 Å². The molecule has 5 saturated heterocycles. The molecule has 20 N–H and O–H groups in total. The van der Waals surface area contributed by atoms with Gasteiger partial charge in [0.1, 0.15) is 134 Å². The van der Waals surface area contributed by atoms with Crippen LogP contribution in [0, 0.1) is 62.6 Å². The number of ether oxygens (including phenoxy) is 2. The topological polar surface area (TPSA) is 492 Å². The van der Waals surface area contributed by atoms with Crippen molar-refractivity contribution in [1.29, 1.82) is 0 Å². The van der Waals surface area contributed by atoms with Gasteiger partial charge < -0.3 is 81.5 Å². The number of piperidine rings is 3. The summed E-state index contributed by atoms with van der Waals surface area (Å²) in [5.41, 5.74) is 50.4. The SMILES string of the molecule is Cc1ccc(F)cc1C(=O)NCc1ccc(-c2nn(C3CN(C(C)C)CCC3(F)F)c(N)c2C(N)=O)cc1F.Cc1ccc(F)cc1C(=O)NCc1ccc(-c2nn(C3CN(C)CCC3(F)F)c(N)c2C(N)=O)cc1F.Cc1ccc(F)cc1C(=O)NCc1ccc(-c2nn(C3CN(C4COC4)CCC3(F)F)c(N)c2C(N)=O)cc1F.Cc1ccccc1C(=O)NCc1ccc(-c2nn(C3COCC3(F)F)c(N)c2C(N)=O)cc1. The number of aryl methyl sites for hydroxylation is 4. The number of carbonyl (C=O) groups excluding carboxylic acids is 8. The third-order valence-electron chi connectivity index (χ3n) is 26.6. The van der Waals surface area contributed by atoms with Crippen LogP contribution in [0.15, 0.2) is 158 Å². The Bertz CT molecular complexity index is 7130. The Labute approximate surface area is 843 Å². The van der Waals surface area contributed by atoms with E-state index >= 15 is 17.6 Å². The second-order valence-corrected chi connectivity index (χ2v) is 37.1. The number of likely N-dealkylation sites (N-methyl/N-ethyl adjacent to an activating group) is 1. The summed E-state index contributed by atoms with van der Waals surface area (Å²) in [6.07, 6.45) is -1.27. The fraction of sp³-hybridized carbons (Fsp3) is 0.333. The smallest absolute Gasteiger partial charge is 0.295 e. The zero-order valence-corrected chi connectivity index (χ0v) is 81.4. The normalized spacial score (nSPS) is 17.9. The quantitative estimate of drug-likeness (QED) is 0.0224. The lowest BCUT2D eigenvalue weighted by Crippen LogP contribution is -2.57. The minimum Gasteiger partial charge on any atom is -0.383 e. The number of aromatic nitrogens is 8. The average molecular weight is 2080 g/mol. The van der Waals surface area contributed by atoms with Crippen molar-refractivity contribution in [2.45, 2.75) is 147 Å². The van der Waals surface area contributed by atoms with Gasteiger partial charge in [-0.05, 0) is 137 Å². The molecule has 8 amide bonds. The summed E-state index contributed by atoms with van der Waals surface area (Å²) in [5.74, 6) is -23.6. The lowest BCUT2D eigenvalue weighted by atomic mass is 9.98. The molecule has 47 heteroatoms. The number of benzene rings is 8. The Balaban J connectivity index is 0.000000157. The molecule has 5 fully saturated rings. The largest absolute Gasteiger partial charge is 0.383 e. The van der Waals surface area contributed by atoms with Gasteiger partial charge in [-0.25, -0.2) is 80.2 Å². The van der Waals surface area contributed by atoms with E-state index < -0.39 is 150 Å². The highest BCUT2D eigenvalue weighted by atomic mass is 19.3. The first kappa shape index (κ1) is 109. The summed E-state index contributed by atoms with van der Waals surface area (Å²) in [6, 6.07) is 31.1. The van der Waals surface area contributed by atoms with E-state index in [4.69, 9.17) is 55.3 Å². The van der Waals surface area contributed by atoms with Gasteiger partial charge in [0.15, 0.2) is 0 Å². The Kier molecular flexibility index (Phi) is 32.6. The lowest BCUT2D eigenvalue weighted by molar-refractivity contribution is -0.139. The van der Waals surface area contributed by atoms with Gasteiger partial charge in [0.2, 0.25) is 0 Å². The third kappa shape index (κ3) is 24.0. The summed E-state index contributed by atoms with van der Waals surface area (Å²) >= 11 is 0. The van der Waals surface area contributed by atoms with Gasteiger partial charge in [-0.2, -0.15) is 20.4 Å². The molecular weight excluding hydrogens is 1970 g/mol. The van der Waals surface area contributed by atoms with Crippen LogP contribution in [0.5, 0.6) is 0 Å². The number of halogens is 14. The number of amides is 8. The number of likely N-dealkylation sites (tertiary alicyclic amines) is 3. The monoisotopic (exact) mass is 2080 g/mol. The number of hydrogen-bond acceptors (Lipinski definition) is 21. The fourth-order valence-corrected chi connectivity index (χ4v) is 17.9. The molecule has 0 saturated carbocycles. The molecular formula is C102H107F14N23O10. The second-order valence-electron chi connectivity index (χ2n) is 37.1. The predicted molar refractivity (Wildman–Crippen MR) is 523 cm³/mol. The maximum absolute atomic E-state index is 15.1. The first-order valence-electron chi connectivity index (χ1n) is 46.8. The molecule has 5 aliphatic rings. The molecule has 4 aromatic heterocycles. The number of hydrogen-bond donors (Lipinski definition) is 12. The van der Waals surface area contributed by atoms with Crippen LogP contribution in [0.4, 0.5) is 84.7 Å². The number of primary amides is 4. The van der Waals surface area contributed by atoms with E-state index in [1.165, 1.54) is 72.8 Å². The number of rotatable bonds is 26. The molecule has 33 nitrogen and oxygen atoms in total. The zero-order chi connectivity index (χ0) is 108. The van der Waals surface area contributed by atoms with E-state index in [1.54, 1.807) is 69.1 Å². The number of anilines is 4. The molecule has 4 unspecified atom stereocenters. The van der Waals surface area contributed by atoms with Crippen molar-refractivity contribution in [2.24, 2.45) is 22.9 Å². The van der Waals surface area contributed by atoms with Crippen LogP contribution in [0.25, 0.3) is 45.0 Å². The Morgan fingerprint density at radius 2 is 0.711 bits per heavy atom. The molecule has 788 valence electrons. The second kappa shape index (κ2) is 44.6. The number of nitrogens with two attached hydrogens (primary N) is 8. The molecule has 9 heterocycles. The Morgan fingerprint density at radius 1 is 0.376 bits per heavy atom. The highest BCUT2D eigenvalue weighted by molar-refractivity contribution is 6.06. The molecule has 5 aliphatic heterocycles. The maximum Gasteiger partial charge on any atom is 0.295 e. The average Bonchev–Trinajstić information content (AvgIpc) is 1.64. The van der Waals surface area contributed by atoms with E-state index in [1.807, 2.05) is 42.7 Å². The van der Waals surface area contributed by atoms with Crippen molar-refractivity contribution < 1.29 is 109 Å². The van der Waals surface area contributed by atoms with E-state index in [9.17, 15) is 82.3 Å². The Hall–Kier alpha value is -15.6. The molecule has 0 spiro atoms. The molecule has 17 rings (SSSR count). The number of alkyl halides is 8. The van der Waals surface area contributed by atoms with Crippen molar-refractivity contribution in [3.63, 3.8) is 0 Å². The predicted octanol–water partition coefficient (Wildman–Crippen LogP) is 13.0. The van der Waals surface area contributed by atoms with E-state index in [-0.39, 0.29) is 208 Å². The summed E-state index contributed by atoms with van der Waals surface area (Å²) in [7, 11) is 1.68. The van der Waals surface area contributed by atoms with E-state index in [2.05, 4.69) is 41.7 Å². The van der Waals surface area contributed by atoms with Crippen molar-refractivity contribution >= 4 is 70.5 Å². The number of nitrogens with one attached hydrogen (secondary N) is 4. The highest BCUT2D eigenvalue weighted by Crippen LogP contribution is 2.47. The summed E-state index contributed by atoms with van der Waals surface area (Å²) in [4.78, 5) is 104. The standard InChI is InChI=1S/C27H28F4N6O3.C27H30F4N6O2.C25H26F4N6O2.C23H23F2N5O3/c1-14-2-5-17(28)9-19(14)26(39)34-10-16-4-3-15(8-20(16)29)23-22(25(33)38)24(32)37(35-23)21-11-36(18-12-40-13-18)7-6-27(21,30)31;1-14(2)36-9-8-27(30,31)21(13-36)37-24(32)22(25(33)38)23(35-37)16-5-6-17(20(29)10-16)12-34-26(39)19-11-18(28)7-4-15(19)3;1-13-3-6-16(26)10-17(13)24(37)32-11-15-5-4-14(9-18(15)27)21-20(23(31)36)22(30)35(33-21)19-12-34(2)8-7-25(19,28)29;1-13-4-2-3-5-16(13)22(32)28-10-14-6-8-15(9-7-14)19-18(21(27)31)20(26)30(29-19)17-11-33-12-23(17,24)25/h2-5,8-9,18,21H,6-7,10-13,32H2,1H3,(H2,33,38)(H,34,39);4-7,10-11,14,21H,8-9,12-13,32H2,1-3H3,(H2,33,38)(H,34,39);3-6,9-10,19H,7-8,11-12,30H2,1-2H3,(H2,31,36)(H,32,37);2-9,17H,10-12,26H2,1H3,(H2,27,31)(H,28,32). The maximum atomic E-state index is 15.1. The van der Waals surface area contributed by atoms with Crippen molar-refractivity contribution in [3.8, 4) is 45.0 Å². The van der Waals surface area contributed by atoms with Crippen LogP contribution < -0.4 is 67.1 Å². The van der Waals surface area contributed by atoms with Crippen LogP contribution >= 0.6 is 0 Å². The van der Waals surface area contributed by atoms with Crippen molar-refractivity contribution in [2.75, 3.05) is 95.7 Å². The van der Waals surface area contributed by atoms with Crippen LogP contribution in [-0.4, -0.2) is 210 Å². The molecule has 0 radical (unpaired) electrons. The summed E-state index contributed by atoms with van der Waals surface area (Å²) < 4.78 is 217. The molecule has 0 aliphatic carbocycles. The summed E-state index contributed by atoms with van der Waals surface area (Å²) in [5, 5.41) is 27.3. The summed E-state index contributed by atoms with van der Waals surface area (Å²) in [6.45, 7) is 10.5. The molecule has 12 aromatic rings. The van der Waals surface area contributed by atoms with Crippen LogP contribution in [0.1, 0.15) is 185 Å². The van der Waals surface area contributed by atoms with E-state index in [0.29, 0.717) is 41.0 Å². The first-order valence-corrected chi connectivity index (χ1v) is 46.8. The number of nitrogen functional groups attached to an aromatic ring is 4. The van der Waals surface area contributed by atoms with Gasteiger partial charge in [-0.15, -0.1) is 0 Å². The minimum atomic E-state index is -3.18. The molecule has 8 aromatic carbocycles. The number of nitrogens with zero attached hydrogens (tertiary/aromatic N) is 11. The van der Waals surface area contributed by atoms with Gasteiger partial charge in [0, 0.05) is 152 Å². The third-order valence-corrected chi connectivity index (χ3v) is 26.6. The molecule has 149 heavy (non-hydrogen) atoms. The van der Waals surface area contributed by atoms with Gasteiger partial charge in [0.25, 0.3) is 70.9 Å². The molecule has 0 bridgehead atoms. The lowest BCUT2D eigenvalue weighted by Gasteiger charge is -2.44. The Morgan fingerprint density at radius 3 is 1.07 bits per heavy atom. The van der Waals surface area contributed by atoms with Gasteiger partial charge in [-0.3, -0.25) is 48.2 Å².